The van der Waals surface area contributed by atoms with Gasteiger partial charge in [0.05, 0.1) is 35.1 Å². The molecule has 0 amide bonds. The summed E-state index contributed by atoms with van der Waals surface area (Å²) in [6, 6.07) is 22.6. The smallest absolute Gasteiger partial charge is 0.341 e. The number of ether oxygens (including phenoxy) is 3. The third-order valence-corrected chi connectivity index (χ3v) is 7.38. The fraction of sp³-hybridized carbons (Fsp3) is 0.188. The predicted octanol–water partition coefficient (Wildman–Crippen LogP) is 3.80. The second kappa shape index (κ2) is 12.7. The first-order valence-corrected chi connectivity index (χ1v) is 14.2. The highest BCUT2D eigenvalue weighted by Gasteiger charge is 2.35. The third-order valence-electron chi connectivity index (χ3n) is 6.40. The molecule has 0 fully saturated rings. The Balaban J connectivity index is 1.73. The molecule has 0 saturated carbocycles. The van der Waals surface area contributed by atoms with Crippen molar-refractivity contribution in [2.24, 2.45) is 4.99 Å². The first-order chi connectivity index (χ1) is 20.4. The zero-order valence-corrected chi connectivity index (χ0v) is 23.8. The van der Waals surface area contributed by atoms with Crippen LogP contribution in [0.4, 0.5) is 0 Å². The van der Waals surface area contributed by atoms with E-state index in [0.717, 1.165) is 5.56 Å². The number of fused-ring (bicyclic) bond motifs is 1. The van der Waals surface area contributed by atoms with Gasteiger partial charge in [-0.25, -0.2) is 14.6 Å². The molecular weight excluding hydrogens is 556 g/mol. The van der Waals surface area contributed by atoms with Gasteiger partial charge in [-0.05, 0) is 55.3 Å². The molecule has 0 saturated heterocycles. The highest BCUT2D eigenvalue weighted by molar-refractivity contribution is 7.07. The molecule has 2 heterocycles. The molecule has 0 aliphatic carbocycles. The lowest BCUT2D eigenvalue weighted by Crippen LogP contribution is -2.40. The maximum absolute atomic E-state index is 14.0. The van der Waals surface area contributed by atoms with Crippen LogP contribution in [0.5, 0.6) is 11.5 Å². The molecule has 3 aromatic carbocycles. The number of carboxylic acids is 1. The van der Waals surface area contributed by atoms with E-state index in [1.807, 2.05) is 61.5 Å². The van der Waals surface area contributed by atoms with Crippen LogP contribution in [-0.2, 0) is 14.3 Å². The molecule has 1 atom stereocenters. The lowest BCUT2D eigenvalue weighted by Gasteiger charge is -2.26. The van der Waals surface area contributed by atoms with Crippen LogP contribution in [0.1, 0.15) is 36.6 Å². The van der Waals surface area contributed by atoms with E-state index in [4.69, 9.17) is 24.3 Å². The number of carboxylic acid groups (broad SMARTS) is 1. The van der Waals surface area contributed by atoms with Crippen molar-refractivity contribution in [3.8, 4) is 11.5 Å². The summed E-state index contributed by atoms with van der Waals surface area (Å²) in [5.74, 6) is -0.614. The molecule has 0 bridgehead atoms. The number of aliphatic carboxylic acids is 1. The molecule has 42 heavy (non-hydrogen) atoms. The van der Waals surface area contributed by atoms with Gasteiger partial charge in [-0.1, -0.05) is 65.9 Å². The van der Waals surface area contributed by atoms with E-state index in [2.05, 4.69) is 0 Å². The van der Waals surface area contributed by atoms with Crippen molar-refractivity contribution >= 4 is 35.0 Å². The van der Waals surface area contributed by atoms with Crippen molar-refractivity contribution in [3.05, 3.63) is 121 Å². The minimum Gasteiger partial charge on any atom is -0.494 e. The number of nitrogens with zero attached hydrogens (tertiary/aromatic N) is 2. The van der Waals surface area contributed by atoms with E-state index < -0.39 is 24.6 Å². The van der Waals surface area contributed by atoms with Gasteiger partial charge in [0.1, 0.15) is 11.5 Å². The van der Waals surface area contributed by atoms with Gasteiger partial charge in [-0.2, -0.15) is 0 Å². The first-order valence-electron chi connectivity index (χ1n) is 13.4. The maximum Gasteiger partial charge on any atom is 0.341 e. The van der Waals surface area contributed by atoms with Crippen LogP contribution < -0.4 is 24.4 Å². The van der Waals surface area contributed by atoms with Gasteiger partial charge in [-0.3, -0.25) is 9.36 Å². The summed E-state index contributed by atoms with van der Waals surface area (Å²) in [6.07, 6.45) is 1.70. The Morgan fingerprint density at radius 1 is 0.952 bits per heavy atom. The fourth-order valence-corrected chi connectivity index (χ4v) is 5.66. The molecule has 1 aliphatic rings. The largest absolute Gasteiger partial charge is 0.494 e. The van der Waals surface area contributed by atoms with Crippen molar-refractivity contribution in [1.82, 2.24) is 4.57 Å². The number of carbonyl (C=O) groups is 2. The molecule has 4 aromatic rings. The van der Waals surface area contributed by atoms with Crippen LogP contribution in [0.25, 0.3) is 11.8 Å². The van der Waals surface area contributed by atoms with Crippen LogP contribution in [0.2, 0.25) is 0 Å². The van der Waals surface area contributed by atoms with E-state index in [9.17, 15) is 14.4 Å². The monoisotopic (exact) mass is 584 g/mol. The molecule has 1 N–H and O–H groups in total. The number of carbonyl (C=O) groups excluding carboxylic acids is 1. The molecule has 0 unspecified atom stereocenters. The summed E-state index contributed by atoms with van der Waals surface area (Å²) >= 11 is 1.20. The van der Waals surface area contributed by atoms with Gasteiger partial charge in [0.2, 0.25) is 0 Å². The van der Waals surface area contributed by atoms with Gasteiger partial charge in [0.15, 0.2) is 11.4 Å². The number of esters is 1. The molecule has 0 spiro atoms. The molecule has 1 aromatic heterocycles. The number of thiazole rings is 1. The average molecular weight is 585 g/mol. The highest BCUT2D eigenvalue weighted by Crippen LogP contribution is 2.35. The number of aromatic nitrogens is 1. The van der Waals surface area contributed by atoms with Crippen molar-refractivity contribution in [2.45, 2.75) is 19.9 Å². The summed E-state index contributed by atoms with van der Waals surface area (Å²) in [5.41, 5.74) is 2.43. The highest BCUT2D eigenvalue weighted by atomic mass is 32.1. The SMILES string of the molecule is CCOC(=O)C1=C(c2ccccc2)N=c2s/c(=C\c3cccc(OCC(=O)O)c3)c(=O)n2[C@H]1c1ccc(OCC)cc1. The summed E-state index contributed by atoms with van der Waals surface area (Å²) in [6.45, 7) is 3.81. The number of hydrogen-bond acceptors (Lipinski definition) is 8. The Hall–Kier alpha value is -4.96. The Kier molecular flexibility index (Phi) is 8.63. The minimum absolute atomic E-state index is 0.158. The lowest BCUT2D eigenvalue weighted by atomic mass is 9.93. The second-order valence-corrected chi connectivity index (χ2v) is 10.2. The summed E-state index contributed by atoms with van der Waals surface area (Å²) in [7, 11) is 0. The average Bonchev–Trinajstić information content (AvgIpc) is 3.30. The Bertz CT molecular complexity index is 1820. The Morgan fingerprint density at radius 2 is 1.71 bits per heavy atom. The van der Waals surface area contributed by atoms with Crippen molar-refractivity contribution < 1.29 is 28.9 Å². The quantitative estimate of drug-likeness (QED) is 0.282. The van der Waals surface area contributed by atoms with Crippen LogP contribution in [0, 0.1) is 0 Å². The first kappa shape index (κ1) is 28.6. The standard InChI is InChI=1S/C32H28N2O7S/c1-3-39-23-15-13-22(14-16-23)29-27(31(38)40-4-2)28(21-10-6-5-7-11-21)33-32-34(29)30(37)25(42-32)18-20-9-8-12-24(17-20)41-19-26(35)36/h5-18,29H,3-4,19H2,1-2H3,(H,35,36)/b25-18-/t29-/m0/s1. The third kappa shape index (κ3) is 6.03. The van der Waals surface area contributed by atoms with Gasteiger partial charge < -0.3 is 19.3 Å². The van der Waals surface area contributed by atoms with E-state index in [1.54, 1.807) is 37.3 Å². The normalized spacial score (nSPS) is 14.6. The molecular formula is C32H28N2O7S. The zero-order valence-electron chi connectivity index (χ0n) is 23.0. The maximum atomic E-state index is 14.0. The number of benzene rings is 3. The minimum atomic E-state index is -1.09. The second-order valence-electron chi connectivity index (χ2n) is 9.19. The van der Waals surface area contributed by atoms with E-state index in [-0.39, 0.29) is 17.7 Å². The summed E-state index contributed by atoms with van der Waals surface area (Å²) < 4.78 is 18.3. The predicted molar refractivity (Wildman–Crippen MR) is 158 cm³/mol. The molecule has 9 nitrogen and oxygen atoms in total. The zero-order chi connectivity index (χ0) is 29.6. The lowest BCUT2D eigenvalue weighted by molar-refractivity contribution is -0.140. The van der Waals surface area contributed by atoms with Crippen molar-refractivity contribution in [2.75, 3.05) is 19.8 Å². The molecule has 1 aliphatic heterocycles. The summed E-state index contributed by atoms with van der Waals surface area (Å²) in [4.78, 5) is 43.8. The summed E-state index contributed by atoms with van der Waals surface area (Å²) in [5, 5.41) is 8.94. The van der Waals surface area contributed by atoms with Crippen LogP contribution in [-0.4, -0.2) is 41.4 Å². The topological polar surface area (TPSA) is 116 Å². The van der Waals surface area contributed by atoms with Crippen LogP contribution in [0.15, 0.2) is 94.2 Å². The van der Waals surface area contributed by atoms with E-state index in [0.29, 0.717) is 44.3 Å². The van der Waals surface area contributed by atoms with Crippen LogP contribution >= 0.6 is 11.3 Å². The molecule has 214 valence electrons. The van der Waals surface area contributed by atoms with E-state index in [1.165, 1.54) is 15.9 Å². The molecule has 10 heteroatoms. The van der Waals surface area contributed by atoms with Gasteiger partial charge in [0.25, 0.3) is 5.56 Å². The van der Waals surface area contributed by atoms with Crippen molar-refractivity contribution in [1.29, 1.82) is 0 Å². The number of rotatable bonds is 10. The Labute approximate surface area is 245 Å². The Morgan fingerprint density at radius 3 is 2.40 bits per heavy atom. The molecule has 0 radical (unpaired) electrons. The van der Waals surface area contributed by atoms with Gasteiger partial charge in [-0.15, -0.1) is 0 Å². The fourth-order valence-electron chi connectivity index (χ4n) is 4.66. The van der Waals surface area contributed by atoms with Crippen LogP contribution in [0.3, 0.4) is 0 Å². The number of hydrogen-bond donors (Lipinski definition) is 1. The van der Waals surface area contributed by atoms with Gasteiger partial charge in [0, 0.05) is 5.56 Å². The van der Waals surface area contributed by atoms with Crippen molar-refractivity contribution in [3.63, 3.8) is 0 Å². The van der Waals surface area contributed by atoms with E-state index >= 15 is 0 Å². The van der Waals surface area contributed by atoms with Gasteiger partial charge >= 0.3 is 11.9 Å². The molecule has 5 rings (SSSR count).